The van der Waals surface area contributed by atoms with Gasteiger partial charge in [-0.3, -0.25) is 25.3 Å². The quantitative estimate of drug-likeness (QED) is 0.764. The molecule has 1 saturated heterocycles. The number of ether oxygens (including phenoxy) is 1. The second kappa shape index (κ2) is 9.57. The molecule has 26 heavy (non-hydrogen) atoms. The molecule has 1 fully saturated rings. The van der Waals surface area contributed by atoms with E-state index < -0.39 is 6.10 Å². The minimum absolute atomic E-state index is 0.148. The van der Waals surface area contributed by atoms with Crippen LogP contribution in [-0.4, -0.2) is 41.9 Å². The highest BCUT2D eigenvalue weighted by Crippen LogP contribution is 2.21. The lowest BCUT2D eigenvalue weighted by Gasteiger charge is -2.34. The summed E-state index contributed by atoms with van der Waals surface area (Å²) in [5.41, 5.74) is 7.20. The van der Waals surface area contributed by atoms with Gasteiger partial charge < -0.3 is 4.74 Å². The molecule has 0 saturated carbocycles. The van der Waals surface area contributed by atoms with Crippen molar-refractivity contribution in [3.05, 3.63) is 29.3 Å². The molecule has 0 aromatic heterocycles. The van der Waals surface area contributed by atoms with Crippen LogP contribution in [-0.2, 0) is 9.59 Å². The van der Waals surface area contributed by atoms with Gasteiger partial charge in [-0.05, 0) is 70.3 Å². The first-order valence-corrected chi connectivity index (χ1v) is 9.50. The molecule has 0 aliphatic carbocycles. The van der Waals surface area contributed by atoms with Gasteiger partial charge >= 0.3 is 0 Å². The molecule has 2 amide bonds. The maximum absolute atomic E-state index is 12.5. The number of aryl methyl sites for hydroxylation is 1. The van der Waals surface area contributed by atoms with E-state index in [0.717, 1.165) is 49.9 Å². The highest BCUT2D eigenvalue weighted by molar-refractivity contribution is 5.87. The Balaban J connectivity index is 1.86. The van der Waals surface area contributed by atoms with Crippen molar-refractivity contribution in [1.82, 2.24) is 15.8 Å². The molecule has 2 atom stereocenters. The second-order valence-electron chi connectivity index (χ2n) is 6.98. The van der Waals surface area contributed by atoms with Gasteiger partial charge in [0.05, 0.1) is 6.04 Å². The van der Waals surface area contributed by atoms with E-state index in [1.165, 1.54) is 0 Å². The van der Waals surface area contributed by atoms with Gasteiger partial charge in [0.25, 0.3) is 11.8 Å². The summed E-state index contributed by atoms with van der Waals surface area (Å²) in [5.74, 6) is 0.169. The van der Waals surface area contributed by atoms with Crippen molar-refractivity contribution in [3.8, 4) is 5.75 Å². The van der Waals surface area contributed by atoms with Gasteiger partial charge in [-0.1, -0.05) is 25.5 Å². The van der Waals surface area contributed by atoms with Gasteiger partial charge in [-0.2, -0.15) is 0 Å². The van der Waals surface area contributed by atoms with Crippen molar-refractivity contribution in [2.75, 3.05) is 13.1 Å². The van der Waals surface area contributed by atoms with Crippen molar-refractivity contribution in [3.63, 3.8) is 0 Å². The topological polar surface area (TPSA) is 70.7 Å². The number of hydrogen-bond acceptors (Lipinski definition) is 4. The molecule has 144 valence electrons. The molecule has 1 heterocycles. The minimum atomic E-state index is -0.700. The van der Waals surface area contributed by atoms with Crippen LogP contribution in [0.3, 0.4) is 0 Å². The van der Waals surface area contributed by atoms with Gasteiger partial charge in [0.15, 0.2) is 6.10 Å². The Hall–Kier alpha value is -2.08. The molecule has 0 spiro atoms. The third kappa shape index (κ3) is 5.21. The van der Waals surface area contributed by atoms with Crippen molar-refractivity contribution in [2.24, 2.45) is 0 Å². The number of benzene rings is 1. The molecule has 0 radical (unpaired) electrons. The number of nitrogens with one attached hydrogen (secondary N) is 2. The lowest BCUT2D eigenvalue weighted by Crippen LogP contribution is -2.55. The number of carbonyl (C=O) groups excluding carboxylic acids is 2. The van der Waals surface area contributed by atoms with Crippen LogP contribution in [0.2, 0.25) is 0 Å². The third-order valence-electron chi connectivity index (χ3n) is 4.96. The van der Waals surface area contributed by atoms with Gasteiger partial charge in [-0.15, -0.1) is 0 Å². The lowest BCUT2D eigenvalue weighted by molar-refractivity contribution is -0.135. The van der Waals surface area contributed by atoms with Crippen LogP contribution in [0, 0.1) is 13.8 Å². The fourth-order valence-corrected chi connectivity index (χ4v) is 3.25. The first-order valence-electron chi connectivity index (χ1n) is 9.50. The predicted molar refractivity (Wildman–Crippen MR) is 102 cm³/mol. The zero-order valence-corrected chi connectivity index (χ0v) is 16.3. The van der Waals surface area contributed by atoms with Crippen LogP contribution >= 0.6 is 0 Å². The first kappa shape index (κ1) is 20.2. The van der Waals surface area contributed by atoms with Gasteiger partial charge in [0, 0.05) is 0 Å². The summed E-state index contributed by atoms with van der Waals surface area (Å²) in [6, 6.07) is 5.57. The highest BCUT2D eigenvalue weighted by Gasteiger charge is 2.28. The number of piperidine rings is 1. The number of amides is 2. The summed E-state index contributed by atoms with van der Waals surface area (Å²) < 4.78 is 5.75. The highest BCUT2D eigenvalue weighted by atomic mass is 16.5. The van der Waals surface area contributed by atoms with Crippen LogP contribution in [0.5, 0.6) is 5.75 Å². The Labute approximate surface area is 156 Å². The van der Waals surface area contributed by atoms with E-state index >= 15 is 0 Å². The van der Waals surface area contributed by atoms with Crippen molar-refractivity contribution >= 4 is 11.8 Å². The number of rotatable bonds is 6. The maximum Gasteiger partial charge on any atom is 0.279 e. The fourth-order valence-electron chi connectivity index (χ4n) is 3.25. The number of hydrazine groups is 1. The van der Waals surface area contributed by atoms with E-state index in [-0.39, 0.29) is 17.9 Å². The molecule has 2 rings (SSSR count). The summed E-state index contributed by atoms with van der Waals surface area (Å²) in [6.07, 6.45) is 3.30. The van der Waals surface area contributed by atoms with Crippen LogP contribution in [0.15, 0.2) is 18.2 Å². The van der Waals surface area contributed by atoms with Crippen molar-refractivity contribution < 1.29 is 14.3 Å². The zero-order valence-electron chi connectivity index (χ0n) is 16.3. The molecule has 1 aromatic carbocycles. The molecule has 0 bridgehead atoms. The number of carbonyl (C=O) groups is 2. The molecule has 1 aliphatic heterocycles. The third-order valence-corrected chi connectivity index (χ3v) is 4.96. The molecule has 1 aromatic rings. The lowest BCUT2D eigenvalue weighted by atomic mass is 10.0. The standard InChI is InChI=1S/C20H31N3O3/c1-5-12-23-13-7-6-10-17(23)20(25)22-21-19(24)16(4)26-18-11-8-9-14(2)15(18)3/h8-9,11,16-17H,5-7,10,12-13H2,1-4H3,(H,21,24)(H,22,25). The molecule has 6 heteroatoms. The zero-order chi connectivity index (χ0) is 19.1. The Morgan fingerprint density at radius 3 is 2.77 bits per heavy atom. The fraction of sp³-hybridized carbons (Fsp3) is 0.600. The Morgan fingerprint density at radius 1 is 1.27 bits per heavy atom. The Bertz CT molecular complexity index is 631. The first-order chi connectivity index (χ1) is 12.4. The average Bonchev–Trinajstić information content (AvgIpc) is 2.64. The van der Waals surface area contributed by atoms with E-state index in [9.17, 15) is 9.59 Å². The molecule has 2 N–H and O–H groups in total. The van der Waals surface area contributed by atoms with Crippen molar-refractivity contribution in [2.45, 2.75) is 65.5 Å². The van der Waals surface area contributed by atoms with Crippen LogP contribution in [0.4, 0.5) is 0 Å². The number of likely N-dealkylation sites (tertiary alicyclic amines) is 1. The normalized spacial score (nSPS) is 18.8. The van der Waals surface area contributed by atoms with E-state index in [1.54, 1.807) is 6.92 Å². The largest absolute Gasteiger partial charge is 0.481 e. The summed E-state index contributed by atoms with van der Waals surface area (Å²) in [5, 5.41) is 0. The van der Waals surface area contributed by atoms with E-state index in [2.05, 4.69) is 22.7 Å². The van der Waals surface area contributed by atoms with Gasteiger partial charge in [0.2, 0.25) is 0 Å². The number of hydrogen-bond donors (Lipinski definition) is 2. The average molecular weight is 361 g/mol. The summed E-state index contributed by atoms with van der Waals surface area (Å²) in [7, 11) is 0. The summed E-state index contributed by atoms with van der Waals surface area (Å²) in [4.78, 5) is 26.9. The molecular weight excluding hydrogens is 330 g/mol. The van der Waals surface area contributed by atoms with Crippen LogP contribution in [0.1, 0.15) is 50.7 Å². The van der Waals surface area contributed by atoms with Crippen LogP contribution < -0.4 is 15.6 Å². The van der Waals surface area contributed by atoms with Gasteiger partial charge in [0.1, 0.15) is 5.75 Å². The molecule has 2 unspecified atom stereocenters. The number of nitrogens with zero attached hydrogens (tertiary/aromatic N) is 1. The molecule has 1 aliphatic rings. The Morgan fingerprint density at radius 2 is 2.04 bits per heavy atom. The SMILES string of the molecule is CCCN1CCCCC1C(=O)NNC(=O)C(C)Oc1cccc(C)c1C. The van der Waals surface area contributed by atoms with E-state index in [0.29, 0.717) is 5.75 Å². The predicted octanol–water partition coefficient (Wildman–Crippen LogP) is 2.48. The van der Waals surface area contributed by atoms with E-state index in [4.69, 9.17) is 4.74 Å². The van der Waals surface area contributed by atoms with Crippen molar-refractivity contribution in [1.29, 1.82) is 0 Å². The smallest absolute Gasteiger partial charge is 0.279 e. The van der Waals surface area contributed by atoms with E-state index in [1.807, 2.05) is 32.0 Å². The Kier molecular flexibility index (Phi) is 7.45. The monoisotopic (exact) mass is 361 g/mol. The maximum atomic E-state index is 12.5. The molecular formula is C20H31N3O3. The minimum Gasteiger partial charge on any atom is -0.481 e. The van der Waals surface area contributed by atoms with Crippen LogP contribution in [0.25, 0.3) is 0 Å². The second-order valence-corrected chi connectivity index (χ2v) is 6.98. The van der Waals surface area contributed by atoms with Gasteiger partial charge in [-0.25, -0.2) is 0 Å². The summed E-state index contributed by atoms with van der Waals surface area (Å²) in [6.45, 7) is 9.58. The molecule has 6 nitrogen and oxygen atoms in total. The summed E-state index contributed by atoms with van der Waals surface area (Å²) >= 11 is 0.